The zero-order valence-corrected chi connectivity index (χ0v) is 17.4. The van der Waals surface area contributed by atoms with Crippen molar-refractivity contribution >= 4 is 10.8 Å². The van der Waals surface area contributed by atoms with Crippen molar-refractivity contribution in [3.63, 3.8) is 0 Å². The van der Waals surface area contributed by atoms with Gasteiger partial charge in [0.1, 0.15) is 0 Å². The normalized spacial score (nSPS) is 16.3. The Kier molecular flexibility index (Phi) is 4.41. The first kappa shape index (κ1) is 17.9. The Balaban J connectivity index is 1.39. The maximum Gasteiger partial charge on any atom is 0.0780 e. The third-order valence-corrected chi connectivity index (χ3v) is 7.21. The summed E-state index contributed by atoms with van der Waals surface area (Å²) < 4.78 is 0. The molecule has 0 N–H and O–H groups in total. The van der Waals surface area contributed by atoms with E-state index in [1.54, 1.807) is 11.1 Å². The highest BCUT2D eigenvalue weighted by atomic mass is 14.7. The molecule has 2 aliphatic rings. The molecule has 0 bridgehead atoms. The van der Waals surface area contributed by atoms with Gasteiger partial charge in [0, 0.05) is 17.1 Å². The summed E-state index contributed by atoms with van der Waals surface area (Å²) in [6.45, 7) is 0. The van der Waals surface area contributed by atoms with E-state index in [9.17, 15) is 0 Å². The number of rotatable bonds is 2. The van der Waals surface area contributed by atoms with Gasteiger partial charge in [-0.05, 0) is 76.9 Å². The molecule has 0 amide bonds. The van der Waals surface area contributed by atoms with Gasteiger partial charge in [-0.25, -0.2) is 0 Å². The van der Waals surface area contributed by atoms with E-state index < -0.39 is 0 Å². The van der Waals surface area contributed by atoms with Gasteiger partial charge < -0.3 is 0 Å². The fourth-order valence-corrected chi connectivity index (χ4v) is 5.60. The van der Waals surface area contributed by atoms with Gasteiger partial charge in [-0.15, -0.1) is 0 Å². The summed E-state index contributed by atoms with van der Waals surface area (Å²) in [7, 11) is 0. The highest BCUT2D eigenvalue weighted by Crippen LogP contribution is 2.40. The third-order valence-electron chi connectivity index (χ3n) is 7.21. The van der Waals surface area contributed by atoms with Crippen LogP contribution in [0, 0.1) is 0 Å². The highest BCUT2D eigenvalue weighted by Gasteiger charge is 2.21. The van der Waals surface area contributed by atoms with Gasteiger partial charge in [0.15, 0.2) is 0 Å². The van der Waals surface area contributed by atoms with Gasteiger partial charge in [0.25, 0.3) is 0 Å². The van der Waals surface area contributed by atoms with Gasteiger partial charge in [-0.1, -0.05) is 73.9 Å². The number of hydrogen-bond acceptors (Lipinski definition) is 1. The smallest absolute Gasteiger partial charge is 0.0780 e. The average Bonchev–Trinajstić information content (AvgIpc) is 2.83. The molecule has 1 fully saturated rings. The Hall–Kier alpha value is -2.93. The molecule has 0 saturated heterocycles. The number of pyridine rings is 1. The summed E-state index contributed by atoms with van der Waals surface area (Å²) >= 11 is 0. The van der Waals surface area contributed by atoms with E-state index in [4.69, 9.17) is 4.98 Å². The van der Waals surface area contributed by atoms with E-state index in [1.807, 2.05) is 6.20 Å². The molecule has 30 heavy (non-hydrogen) atoms. The molecular formula is C29H27N. The minimum Gasteiger partial charge on any atom is -0.256 e. The maximum atomic E-state index is 4.73. The number of nitrogens with zero attached hydrogens (tertiary/aromatic N) is 1. The molecule has 1 heteroatoms. The molecule has 148 valence electrons. The molecule has 1 saturated carbocycles. The Bertz CT molecular complexity index is 1230. The van der Waals surface area contributed by atoms with Crippen LogP contribution in [0.1, 0.15) is 54.7 Å². The summed E-state index contributed by atoms with van der Waals surface area (Å²) in [6, 6.07) is 24.9. The minimum atomic E-state index is 0.783. The predicted molar refractivity (Wildman–Crippen MR) is 126 cm³/mol. The second kappa shape index (κ2) is 7.40. The summed E-state index contributed by atoms with van der Waals surface area (Å²) in [5.41, 5.74) is 9.75. The summed E-state index contributed by atoms with van der Waals surface area (Å²) in [4.78, 5) is 4.73. The van der Waals surface area contributed by atoms with Gasteiger partial charge in [-0.3, -0.25) is 4.98 Å². The van der Waals surface area contributed by atoms with Gasteiger partial charge in [0.2, 0.25) is 0 Å². The van der Waals surface area contributed by atoms with Gasteiger partial charge in [-0.2, -0.15) is 0 Å². The van der Waals surface area contributed by atoms with Crippen LogP contribution >= 0.6 is 0 Å². The van der Waals surface area contributed by atoms with Crippen LogP contribution in [0.5, 0.6) is 0 Å². The van der Waals surface area contributed by atoms with Crippen LogP contribution in [0.2, 0.25) is 0 Å². The van der Waals surface area contributed by atoms with Crippen molar-refractivity contribution in [1.82, 2.24) is 4.98 Å². The second-order valence-corrected chi connectivity index (χ2v) is 9.00. The van der Waals surface area contributed by atoms with Crippen LogP contribution in [-0.4, -0.2) is 4.98 Å². The number of aryl methyl sites for hydroxylation is 2. The van der Waals surface area contributed by atoms with Crippen LogP contribution in [-0.2, 0) is 12.8 Å². The van der Waals surface area contributed by atoms with Crippen LogP contribution < -0.4 is 0 Å². The molecule has 6 rings (SSSR count). The SMILES string of the molecule is c1ccc2c(-c3ccc4c(c3)CCc3cc(C5CCCCC5)ccc3-4)nccc2c1. The second-order valence-electron chi connectivity index (χ2n) is 9.00. The van der Waals surface area contributed by atoms with E-state index >= 15 is 0 Å². The molecule has 1 nitrogen and oxygen atoms in total. The molecule has 2 aliphatic carbocycles. The van der Waals surface area contributed by atoms with E-state index in [2.05, 4.69) is 66.7 Å². The zero-order chi connectivity index (χ0) is 19.9. The monoisotopic (exact) mass is 389 g/mol. The first-order chi connectivity index (χ1) is 14.9. The van der Waals surface area contributed by atoms with E-state index in [0.717, 1.165) is 24.5 Å². The fourth-order valence-electron chi connectivity index (χ4n) is 5.60. The Labute approximate surface area is 178 Å². The van der Waals surface area contributed by atoms with Crippen molar-refractivity contribution in [1.29, 1.82) is 0 Å². The minimum absolute atomic E-state index is 0.783. The average molecular weight is 390 g/mol. The van der Waals surface area contributed by atoms with Crippen LogP contribution in [0.15, 0.2) is 72.9 Å². The topological polar surface area (TPSA) is 12.9 Å². The molecule has 1 aromatic heterocycles. The lowest BCUT2D eigenvalue weighted by Gasteiger charge is -2.26. The molecule has 0 atom stereocenters. The maximum absolute atomic E-state index is 4.73. The zero-order valence-electron chi connectivity index (χ0n) is 17.4. The fraction of sp³-hybridized carbons (Fsp3) is 0.276. The van der Waals surface area contributed by atoms with Crippen LogP contribution in [0.3, 0.4) is 0 Å². The van der Waals surface area contributed by atoms with Crippen molar-refractivity contribution in [3.8, 4) is 22.4 Å². The number of benzene rings is 3. The first-order valence-corrected chi connectivity index (χ1v) is 11.5. The molecule has 0 spiro atoms. The number of fused-ring (bicyclic) bond motifs is 4. The molecule has 0 aliphatic heterocycles. The largest absolute Gasteiger partial charge is 0.256 e. The summed E-state index contributed by atoms with van der Waals surface area (Å²) in [5, 5.41) is 2.48. The van der Waals surface area contributed by atoms with E-state index in [-0.39, 0.29) is 0 Å². The van der Waals surface area contributed by atoms with Crippen molar-refractivity contribution in [2.45, 2.75) is 50.9 Å². The Morgan fingerprint density at radius 1 is 0.700 bits per heavy atom. The van der Waals surface area contributed by atoms with Crippen molar-refractivity contribution < 1.29 is 0 Å². The van der Waals surface area contributed by atoms with Crippen molar-refractivity contribution in [2.75, 3.05) is 0 Å². The predicted octanol–water partition coefficient (Wildman–Crippen LogP) is 7.72. The third kappa shape index (κ3) is 3.04. The standard InChI is InChI=1S/C29H27N/c1-2-6-20(7-3-1)22-12-14-26-23(18-22)10-11-24-19-25(13-15-27(24)26)29-28-9-5-4-8-21(28)16-17-30-29/h4-5,8-9,12-20H,1-3,6-7,10-11H2. The molecule has 4 aromatic rings. The lowest BCUT2D eigenvalue weighted by Crippen LogP contribution is -2.08. The van der Waals surface area contributed by atoms with E-state index in [0.29, 0.717) is 0 Å². The summed E-state index contributed by atoms with van der Waals surface area (Å²) in [5.74, 6) is 0.783. The molecule has 1 heterocycles. The number of hydrogen-bond donors (Lipinski definition) is 0. The number of aromatic nitrogens is 1. The van der Waals surface area contributed by atoms with Gasteiger partial charge >= 0.3 is 0 Å². The van der Waals surface area contributed by atoms with Crippen LogP contribution in [0.25, 0.3) is 33.2 Å². The summed E-state index contributed by atoms with van der Waals surface area (Å²) in [6.07, 6.45) is 11.2. The van der Waals surface area contributed by atoms with Crippen molar-refractivity contribution in [3.05, 3.63) is 89.6 Å². The molecule has 3 aromatic carbocycles. The Morgan fingerprint density at radius 2 is 1.47 bits per heavy atom. The van der Waals surface area contributed by atoms with Gasteiger partial charge in [0.05, 0.1) is 5.69 Å². The quantitative estimate of drug-likeness (QED) is 0.342. The lowest BCUT2D eigenvalue weighted by atomic mass is 9.79. The Morgan fingerprint density at radius 3 is 2.33 bits per heavy atom. The lowest BCUT2D eigenvalue weighted by molar-refractivity contribution is 0.443. The first-order valence-electron chi connectivity index (χ1n) is 11.5. The van der Waals surface area contributed by atoms with Crippen molar-refractivity contribution in [2.24, 2.45) is 0 Å². The van der Waals surface area contributed by atoms with Crippen LogP contribution in [0.4, 0.5) is 0 Å². The highest BCUT2D eigenvalue weighted by molar-refractivity contribution is 5.95. The molecule has 0 radical (unpaired) electrons. The molecule has 0 unspecified atom stereocenters. The van der Waals surface area contributed by atoms with E-state index in [1.165, 1.54) is 65.1 Å². The molecular weight excluding hydrogens is 362 g/mol.